The number of H-pyrrole nitrogens is 1. The summed E-state index contributed by atoms with van der Waals surface area (Å²) in [7, 11) is 0. The van der Waals surface area contributed by atoms with Gasteiger partial charge in [-0.25, -0.2) is 0 Å². The Kier molecular flexibility index (Phi) is 7.92. The number of aldehydes is 1. The van der Waals surface area contributed by atoms with Gasteiger partial charge in [-0.3, -0.25) is 19.5 Å². The molecule has 36 heavy (non-hydrogen) atoms. The summed E-state index contributed by atoms with van der Waals surface area (Å²) in [6.45, 7) is 5.45. The third-order valence-electron chi connectivity index (χ3n) is 5.75. The molecule has 0 unspecified atom stereocenters. The molecule has 0 bridgehead atoms. The Labute approximate surface area is 217 Å². The Morgan fingerprint density at radius 3 is 2.56 bits per heavy atom. The average molecular weight is 527 g/mol. The number of nitrogens with zero attached hydrogens (tertiary/aromatic N) is 2. The first-order valence-electron chi connectivity index (χ1n) is 11.2. The van der Waals surface area contributed by atoms with Crippen molar-refractivity contribution in [2.24, 2.45) is 0 Å². The number of hydrogen-bond donors (Lipinski definition) is 4. The number of aromatic nitrogens is 2. The maximum absolute atomic E-state index is 12.9. The lowest BCUT2D eigenvalue weighted by Gasteiger charge is -2.19. The maximum Gasteiger partial charge on any atom is 0.271 e. The molecule has 0 spiro atoms. The van der Waals surface area contributed by atoms with Gasteiger partial charge < -0.3 is 20.9 Å². The second-order valence-electron chi connectivity index (χ2n) is 8.29. The summed E-state index contributed by atoms with van der Waals surface area (Å²) < 4.78 is 0. The highest BCUT2D eigenvalue weighted by atomic mass is 35.5. The summed E-state index contributed by atoms with van der Waals surface area (Å²) in [5.74, 6) is -0.920. The minimum Gasteiger partial charge on any atom is -0.381 e. The number of anilines is 3. The van der Waals surface area contributed by atoms with Crippen molar-refractivity contribution in [2.75, 3.05) is 35.2 Å². The number of carbonyl (C=O) groups is 3. The molecule has 4 rings (SSSR count). The molecule has 4 N–H and O–H groups in total. The van der Waals surface area contributed by atoms with Gasteiger partial charge in [0.1, 0.15) is 12.0 Å². The Balaban J connectivity index is 1.34. The number of rotatable bonds is 9. The van der Waals surface area contributed by atoms with Crippen LogP contribution in [-0.2, 0) is 4.79 Å². The Morgan fingerprint density at radius 2 is 1.86 bits per heavy atom. The fraction of sp³-hybridized carbons (Fsp3) is 0.200. The molecular formula is C25H24Cl2N6O3. The molecule has 1 aliphatic rings. The van der Waals surface area contributed by atoms with E-state index < -0.39 is 5.91 Å². The summed E-state index contributed by atoms with van der Waals surface area (Å²) in [6, 6.07) is 12.5. The molecule has 1 saturated heterocycles. The molecular weight excluding hydrogens is 503 g/mol. The maximum atomic E-state index is 12.9. The van der Waals surface area contributed by atoms with Crippen LogP contribution in [0.1, 0.15) is 27.3 Å². The molecule has 186 valence electrons. The van der Waals surface area contributed by atoms with Crippen LogP contribution in [0.15, 0.2) is 60.8 Å². The molecule has 9 nitrogen and oxygen atoms in total. The molecule has 0 aliphatic carbocycles. The number of nitrogens with one attached hydrogen (secondary N) is 4. The number of carbonyl (C=O) groups excluding carboxylic acids is 3. The van der Waals surface area contributed by atoms with Gasteiger partial charge in [0.05, 0.1) is 27.5 Å². The third-order valence-corrected chi connectivity index (χ3v) is 6.38. The standard InChI is InChI=1S/C25H24Cl2N6O3/c1-15(14-34)11-28-16-5-7-18(8-6-16)33-10-9-17(13-33)30-25(36)23-21(12-29-32-23)31-24(35)22-19(26)3-2-4-20(22)27/h2-8,12,14,17,28H,1,9-11,13H2,(H,29,32)(H,30,36)(H,31,35)/t17-/m1/s1. The highest BCUT2D eigenvalue weighted by Crippen LogP contribution is 2.26. The zero-order chi connectivity index (χ0) is 25.7. The smallest absolute Gasteiger partial charge is 0.271 e. The van der Waals surface area contributed by atoms with Crippen molar-refractivity contribution in [1.82, 2.24) is 15.5 Å². The van der Waals surface area contributed by atoms with Gasteiger partial charge in [-0.1, -0.05) is 35.8 Å². The van der Waals surface area contributed by atoms with Gasteiger partial charge in [0, 0.05) is 42.6 Å². The van der Waals surface area contributed by atoms with Gasteiger partial charge in [0.2, 0.25) is 0 Å². The largest absolute Gasteiger partial charge is 0.381 e. The van der Waals surface area contributed by atoms with E-state index in [-0.39, 0.29) is 38.9 Å². The van der Waals surface area contributed by atoms with Gasteiger partial charge in [-0.2, -0.15) is 5.10 Å². The first-order chi connectivity index (χ1) is 17.4. The number of hydrogen-bond acceptors (Lipinski definition) is 6. The van der Waals surface area contributed by atoms with Crippen molar-refractivity contribution in [3.05, 3.63) is 82.1 Å². The molecule has 0 saturated carbocycles. The monoisotopic (exact) mass is 526 g/mol. The predicted molar refractivity (Wildman–Crippen MR) is 141 cm³/mol. The Hall–Kier alpha value is -3.82. The van der Waals surface area contributed by atoms with E-state index in [4.69, 9.17) is 23.2 Å². The lowest BCUT2D eigenvalue weighted by Crippen LogP contribution is -2.37. The minimum absolute atomic E-state index is 0.0870. The van der Waals surface area contributed by atoms with Crippen LogP contribution < -0.4 is 20.9 Å². The van der Waals surface area contributed by atoms with Crippen molar-refractivity contribution in [1.29, 1.82) is 0 Å². The van der Waals surface area contributed by atoms with E-state index in [0.717, 1.165) is 30.6 Å². The van der Waals surface area contributed by atoms with Gasteiger partial charge in [-0.15, -0.1) is 0 Å². The molecule has 11 heteroatoms. The summed E-state index contributed by atoms with van der Waals surface area (Å²) >= 11 is 12.2. The number of aromatic amines is 1. The van der Waals surface area contributed by atoms with Gasteiger partial charge in [0.25, 0.3) is 11.8 Å². The van der Waals surface area contributed by atoms with E-state index >= 15 is 0 Å². The van der Waals surface area contributed by atoms with E-state index in [0.29, 0.717) is 18.7 Å². The molecule has 2 amide bonds. The molecule has 1 aliphatic heterocycles. The van der Waals surface area contributed by atoms with Crippen LogP contribution in [0.3, 0.4) is 0 Å². The van der Waals surface area contributed by atoms with E-state index in [1.54, 1.807) is 18.2 Å². The van der Waals surface area contributed by atoms with E-state index in [9.17, 15) is 14.4 Å². The van der Waals surface area contributed by atoms with Crippen molar-refractivity contribution < 1.29 is 14.4 Å². The average Bonchev–Trinajstić information content (AvgIpc) is 3.52. The molecule has 3 aromatic rings. The van der Waals surface area contributed by atoms with Crippen LogP contribution in [0.2, 0.25) is 10.0 Å². The lowest BCUT2D eigenvalue weighted by molar-refractivity contribution is -0.104. The molecule has 1 atom stereocenters. The highest BCUT2D eigenvalue weighted by molar-refractivity contribution is 6.40. The Bertz CT molecular complexity index is 1270. The second-order valence-corrected chi connectivity index (χ2v) is 9.11. The fourth-order valence-corrected chi connectivity index (χ4v) is 4.44. The first kappa shape index (κ1) is 25.3. The van der Waals surface area contributed by atoms with Crippen LogP contribution >= 0.6 is 23.2 Å². The van der Waals surface area contributed by atoms with Gasteiger partial charge in [0.15, 0.2) is 0 Å². The lowest BCUT2D eigenvalue weighted by atomic mass is 10.2. The van der Waals surface area contributed by atoms with Crippen LogP contribution in [-0.4, -0.2) is 54.0 Å². The van der Waals surface area contributed by atoms with E-state index in [1.807, 2.05) is 24.3 Å². The van der Waals surface area contributed by atoms with Crippen molar-refractivity contribution in [2.45, 2.75) is 12.5 Å². The summed E-state index contributed by atoms with van der Waals surface area (Å²) in [6.07, 6.45) is 2.85. The summed E-state index contributed by atoms with van der Waals surface area (Å²) in [5, 5.41) is 15.7. The molecule has 1 aromatic heterocycles. The zero-order valence-electron chi connectivity index (χ0n) is 19.2. The molecule has 1 fully saturated rings. The Morgan fingerprint density at radius 1 is 1.14 bits per heavy atom. The number of benzene rings is 2. The van der Waals surface area contributed by atoms with Crippen LogP contribution in [0, 0.1) is 0 Å². The van der Waals surface area contributed by atoms with Crippen molar-refractivity contribution in [3.63, 3.8) is 0 Å². The minimum atomic E-state index is -0.540. The zero-order valence-corrected chi connectivity index (χ0v) is 20.7. The van der Waals surface area contributed by atoms with Crippen molar-refractivity contribution in [3.8, 4) is 0 Å². The fourth-order valence-electron chi connectivity index (χ4n) is 3.87. The first-order valence-corrected chi connectivity index (χ1v) is 11.9. The number of amides is 2. The normalized spacial score (nSPS) is 14.8. The molecule has 2 heterocycles. The van der Waals surface area contributed by atoms with Crippen LogP contribution in [0.25, 0.3) is 0 Å². The van der Waals surface area contributed by atoms with E-state index in [2.05, 4.69) is 37.6 Å². The van der Waals surface area contributed by atoms with Gasteiger partial charge in [-0.05, 0) is 42.8 Å². The second kappa shape index (κ2) is 11.3. The number of halogens is 2. The predicted octanol–water partition coefficient (Wildman–Crippen LogP) is 4.14. The summed E-state index contributed by atoms with van der Waals surface area (Å²) in [4.78, 5) is 38.5. The molecule has 2 aromatic carbocycles. The highest BCUT2D eigenvalue weighted by Gasteiger charge is 2.26. The molecule has 0 radical (unpaired) electrons. The van der Waals surface area contributed by atoms with Crippen LogP contribution in [0.5, 0.6) is 0 Å². The van der Waals surface area contributed by atoms with E-state index in [1.165, 1.54) is 6.20 Å². The quantitative estimate of drug-likeness (QED) is 0.245. The third kappa shape index (κ3) is 5.87. The summed E-state index contributed by atoms with van der Waals surface area (Å²) in [5.41, 5.74) is 2.87. The van der Waals surface area contributed by atoms with Crippen molar-refractivity contribution >= 4 is 58.4 Å². The van der Waals surface area contributed by atoms with Gasteiger partial charge >= 0.3 is 0 Å². The topological polar surface area (TPSA) is 119 Å². The SMILES string of the molecule is C=C(C=O)CNc1ccc(N2CC[C@@H](NC(=O)c3[nH]ncc3NC(=O)c3c(Cl)cccc3Cl)C2)cc1. The van der Waals surface area contributed by atoms with Crippen LogP contribution in [0.4, 0.5) is 17.1 Å².